The number of carbonyl (C=O) groups is 2. The van der Waals surface area contributed by atoms with Crippen molar-refractivity contribution in [1.29, 1.82) is 0 Å². The summed E-state index contributed by atoms with van der Waals surface area (Å²) in [6.45, 7) is 1.87. The molecule has 5 rings (SSSR count). The summed E-state index contributed by atoms with van der Waals surface area (Å²) < 4.78 is 7.53. The van der Waals surface area contributed by atoms with Crippen LogP contribution in [0.1, 0.15) is 36.2 Å². The molecule has 1 fully saturated rings. The van der Waals surface area contributed by atoms with Crippen LogP contribution in [0.4, 0.5) is 5.69 Å². The van der Waals surface area contributed by atoms with Crippen LogP contribution < -0.4 is 10.1 Å². The second-order valence-electron chi connectivity index (χ2n) is 7.06. The molecule has 0 radical (unpaired) electrons. The van der Waals surface area contributed by atoms with E-state index < -0.39 is 0 Å². The predicted octanol–water partition coefficient (Wildman–Crippen LogP) is 4.04. The van der Waals surface area contributed by atoms with E-state index in [0.29, 0.717) is 23.0 Å². The summed E-state index contributed by atoms with van der Waals surface area (Å²) in [6, 6.07) is 9.58. The molecule has 1 unspecified atom stereocenters. The number of thiophene rings is 1. The van der Waals surface area contributed by atoms with Crippen molar-refractivity contribution in [1.82, 2.24) is 14.8 Å². The molecule has 3 heterocycles. The molecular formula is C20H18N4O3S2. The van der Waals surface area contributed by atoms with Gasteiger partial charge in [0.25, 0.3) is 5.91 Å². The molecule has 2 aliphatic rings. The van der Waals surface area contributed by atoms with Crippen molar-refractivity contribution in [3.8, 4) is 16.5 Å². The Hall–Kier alpha value is -2.65. The van der Waals surface area contributed by atoms with Crippen molar-refractivity contribution in [3.63, 3.8) is 0 Å². The lowest BCUT2D eigenvalue weighted by Gasteiger charge is -2.19. The first-order chi connectivity index (χ1) is 14.1. The Bertz CT molecular complexity index is 1090. The summed E-state index contributed by atoms with van der Waals surface area (Å²) in [5.41, 5.74) is 1.07. The first-order valence-corrected chi connectivity index (χ1v) is 11.1. The number of ketones is 1. The molecule has 7 nitrogen and oxygen atoms in total. The number of aromatic nitrogens is 3. The number of Topliss-reactive ketones (excluding diaryl/α,β-unsaturated/α-hetero) is 1. The van der Waals surface area contributed by atoms with E-state index in [4.69, 9.17) is 4.74 Å². The van der Waals surface area contributed by atoms with Crippen LogP contribution in [0, 0.1) is 0 Å². The van der Waals surface area contributed by atoms with E-state index in [1.54, 1.807) is 29.5 Å². The van der Waals surface area contributed by atoms with Gasteiger partial charge in [-0.15, -0.1) is 21.5 Å². The molecule has 1 aliphatic carbocycles. The molecule has 1 N–H and O–H groups in total. The highest BCUT2D eigenvalue weighted by Gasteiger charge is 2.32. The van der Waals surface area contributed by atoms with Crippen LogP contribution in [0.5, 0.6) is 5.75 Å². The first-order valence-electron chi connectivity index (χ1n) is 9.36. The quantitative estimate of drug-likeness (QED) is 0.473. The van der Waals surface area contributed by atoms with E-state index in [1.807, 2.05) is 24.4 Å². The molecule has 1 amide bonds. The van der Waals surface area contributed by atoms with Gasteiger partial charge in [-0.2, -0.15) is 0 Å². The topological polar surface area (TPSA) is 86.1 Å². The molecule has 0 spiro atoms. The van der Waals surface area contributed by atoms with Crippen LogP contribution in [0.15, 0.2) is 40.9 Å². The number of amides is 1. The van der Waals surface area contributed by atoms with Crippen LogP contribution in [-0.2, 0) is 4.79 Å². The number of carbonyl (C=O) groups excluding carboxylic acids is 2. The molecule has 1 saturated carbocycles. The summed E-state index contributed by atoms with van der Waals surface area (Å²) in [6.07, 6.45) is 2.22. The van der Waals surface area contributed by atoms with Crippen LogP contribution in [0.25, 0.3) is 10.7 Å². The fourth-order valence-electron chi connectivity index (χ4n) is 3.28. The van der Waals surface area contributed by atoms with Gasteiger partial charge in [0.05, 0.1) is 15.8 Å². The van der Waals surface area contributed by atoms with Gasteiger partial charge in [0.1, 0.15) is 5.75 Å². The Balaban J connectivity index is 1.38. The third-order valence-electron chi connectivity index (χ3n) is 4.87. The number of nitrogens with one attached hydrogen (secondary N) is 1. The Kier molecular flexibility index (Phi) is 4.63. The van der Waals surface area contributed by atoms with Gasteiger partial charge in [-0.3, -0.25) is 14.2 Å². The third-order valence-corrected chi connectivity index (χ3v) is 6.79. The van der Waals surface area contributed by atoms with Crippen LogP contribution in [0.3, 0.4) is 0 Å². The molecule has 3 aromatic rings. The molecule has 0 saturated heterocycles. The smallest absolute Gasteiger partial charge is 0.262 e. The van der Waals surface area contributed by atoms with Crippen LogP contribution >= 0.6 is 23.1 Å². The zero-order chi connectivity index (χ0) is 20.0. The minimum absolute atomic E-state index is 0.00402. The fourth-order valence-corrected chi connectivity index (χ4v) is 4.98. The van der Waals surface area contributed by atoms with Gasteiger partial charge in [0.2, 0.25) is 0 Å². The van der Waals surface area contributed by atoms with Crippen molar-refractivity contribution in [3.05, 3.63) is 41.3 Å². The molecule has 29 heavy (non-hydrogen) atoms. The number of hydrogen-bond acceptors (Lipinski definition) is 7. The average Bonchev–Trinajstić information content (AvgIpc) is 3.24. The maximum Gasteiger partial charge on any atom is 0.262 e. The van der Waals surface area contributed by atoms with Crippen molar-refractivity contribution >= 4 is 40.5 Å². The lowest BCUT2D eigenvalue weighted by atomic mass is 10.1. The number of anilines is 1. The summed E-state index contributed by atoms with van der Waals surface area (Å²) in [5, 5.41) is 14.0. The molecule has 1 aromatic carbocycles. The number of rotatable bonds is 6. The molecule has 1 atom stereocenters. The molecule has 1 aliphatic heterocycles. The van der Waals surface area contributed by atoms with E-state index in [1.165, 1.54) is 11.8 Å². The first kappa shape index (κ1) is 18.4. The minimum atomic E-state index is -0.342. The highest BCUT2D eigenvalue weighted by Crippen LogP contribution is 2.42. The van der Waals surface area contributed by atoms with Gasteiger partial charge in [-0.1, -0.05) is 17.8 Å². The predicted molar refractivity (Wildman–Crippen MR) is 112 cm³/mol. The number of thioether (sulfide) groups is 1. The lowest BCUT2D eigenvalue weighted by molar-refractivity contribution is -0.118. The molecule has 2 aromatic heterocycles. The van der Waals surface area contributed by atoms with Gasteiger partial charge in [0.15, 0.2) is 23.4 Å². The van der Waals surface area contributed by atoms with E-state index in [2.05, 4.69) is 20.1 Å². The summed E-state index contributed by atoms with van der Waals surface area (Å²) in [7, 11) is 0. The largest absolute Gasteiger partial charge is 0.482 e. The second kappa shape index (κ2) is 7.31. The standard InChI is InChI=1S/C20H18N4O3S2/c1-11(18(26)12-4-7-15-14(9-12)21-17(25)10-27-15)29-20-23-22-19(16-3-2-8-28-16)24(20)13-5-6-13/h2-4,7-9,11,13H,5-6,10H2,1H3,(H,21,25). The number of ether oxygens (including phenoxy) is 1. The minimum Gasteiger partial charge on any atom is -0.482 e. The van der Waals surface area contributed by atoms with Crippen molar-refractivity contribution in [2.45, 2.75) is 36.2 Å². The van der Waals surface area contributed by atoms with Gasteiger partial charge in [-0.25, -0.2) is 0 Å². The normalized spacial score (nSPS) is 16.7. The van der Waals surface area contributed by atoms with Gasteiger partial charge in [0, 0.05) is 11.6 Å². The van der Waals surface area contributed by atoms with Gasteiger partial charge < -0.3 is 10.1 Å². The number of benzene rings is 1. The highest BCUT2D eigenvalue weighted by molar-refractivity contribution is 8.00. The zero-order valence-electron chi connectivity index (χ0n) is 15.6. The SMILES string of the molecule is CC(Sc1nnc(-c2cccs2)n1C1CC1)C(=O)c1ccc2c(c1)NC(=O)CO2. The third kappa shape index (κ3) is 3.56. The fraction of sp³-hybridized carbons (Fsp3) is 0.300. The Morgan fingerprint density at radius 1 is 1.34 bits per heavy atom. The Morgan fingerprint density at radius 3 is 2.97 bits per heavy atom. The van der Waals surface area contributed by atoms with E-state index in [-0.39, 0.29) is 23.5 Å². The van der Waals surface area contributed by atoms with Crippen LogP contribution in [0.2, 0.25) is 0 Å². The van der Waals surface area contributed by atoms with Gasteiger partial charge in [-0.05, 0) is 49.4 Å². The second-order valence-corrected chi connectivity index (χ2v) is 9.31. The highest BCUT2D eigenvalue weighted by atomic mass is 32.2. The van der Waals surface area contributed by atoms with Gasteiger partial charge >= 0.3 is 0 Å². The van der Waals surface area contributed by atoms with E-state index >= 15 is 0 Å². The van der Waals surface area contributed by atoms with Crippen molar-refractivity contribution in [2.24, 2.45) is 0 Å². The number of nitrogens with zero attached hydrogens (tertiary/aromatic N) is 3. The summed E-state index contributed by atoms with van der Waals surface area (Å²) >= 11 is 3.06. The van der Waals surface area contributed by atoms with Crippen molar-refractivity contribution < 1.29 is 14.3 Å². The molecule has 0 bridgehead atoms. The summed E-state index contributed by atoms with van der Waals surface area (Å²) in [4.78, 5) is 25.6. The van der Waals surface area contributed by atoms with Crippen molar-refractivity contribution in [2.75, 3.05) is 11.9 Å². The van der Waals surface area contributed by atoms with Crippen LogP contribution in [-0.4, -0.2) is 38.3 Å². The maximum absolute atomic E-state index is 13.0. The van der Waals surface area contributed by atoms with E-state index in [0.717, 1.165) is 28.7 Å². The Morgan fingerprint density at radius 2 is 2.21 bits per heavy atom. The van der Waals surface area contributed by atoms with E-state index in [9.17, 15) is 9.59 Å². The average molecular weight is 427 g/mol. The number of fused-ring (bicyclic) bond motifs is 1. The Labute approximate surface area is 175 Å². The molecular weight excluding hydrogens is 408 g/mol. The zero-order valence-corrected chi connectivity index (χ0v) is 17.3. The maximum atomic E-state index is 13.0. The molecule has 148 valence electrons. The monoisotopic (exact) mass is 426 g/mol. The lowest BCUT2D eigenvalue weighted by Crippen LogP contribution is -2.25. The molecule has 9 heteroatoms. The number of hydrogen-bond donors (Lipinski definition) is 1. The summed E-state index contributed by atoms with van der Waals surface area (Å²) in [5.74, 6) is 1.21.